The maximum Gasteiger partial charge on any atom is 0.244 e. The number of methoxy groups -OCH3 is 2. The second-order valence-electron chi connectivity index (χ2n) is 7.09. The molecule has 0 saturated heterocycles. The molecule has 0 fully saturated rings. The van der Waals surface area contributed by atoms with Crippen molar-refractivity contribution in [2.75, 3.05) is 33.9 Å². The first kappa shape index (κ1) is 24.9. The Labute approximate surface area is 184 Å². The largest absolute Gasteiger partial charge is 0.495 e. The van der Waals surface area contributed by atoms with Gasteiger partial charge in [0.25, 0.3) is 0 Å². The minimum absolute atomic E-state index is 0.0607. The molecular formula is C22H31FN2O5S. The standard InChI is InChI=1S/C22H31FN2O5S/c1-5-10-25-31(26,27)22-14-17(6-8-20(22)29-4)13-16(2)24-11-12-30-21-15-18(23)7-9-19(21)28-3/h6-9,14-16,24-25H,5,10-13H2,1-4H3. The predicted molar refractivity (Wildman–Crippen MR) is 118 cm³/mol. The molecule has 0 saturated carbocycles. The van der Waals surface area contributed by atoms with E-state index in [4.69, 9.17) is 14.2 Å². The van der Waals surface area contributed by atoms with E-state index in [1.807, 2.05) is 19.9 Å². The molecule has 0 radical (unpaired) electrons. The Morgan fingerprint density at radius 3 is 2.39 bits per heavy atom. The first-order valence-corrected chi connectivity index (χ1v) is 11.6. The van der Waals surface area contributed by atoms with Crippen LogP contribution in [0.1, 0.15) is 25.8 Å². The normalized spacial score (nSPS) is 12.4. The van der Waals surface area contributed by atoms with Crippen molar-refractivity contribution in [2.45, 2.75) is 37.6 Å². The zero-order valence-electron chi connectivity index (χ0n) is 18.4. The number of halogens is 1. The van der Waals surface area contributed by atoms with Gasteiger partial charge in [-0.2, -0.15) is 0 Å². The van der Waals surface area contributed by atoms with Crippen LogP contribution in [0.15, 0.2) is 41.3 Å². The lowest BCUT2D eigenvalue weighted by Gasteiger charge is -2.17. The first-order valence-electron chi connectivity index (χ1n) is 10.2. The number of hydrogen-bond acceptors (Lipinski definition) is 6. The highest BCUT2D eigenvalue weighted by atomic mass is 32.2. The molecule has 31 heavy (non-hydrogen) atoms. The van der Waals surface area contributed by atoms with Gasteiger partial charge in [0.05, 0.1) is 14.2 Å². The van der Waals surface area contributed by atoms with E-state index in [0.717, 1.165) is 5.56 Å². The Balaban J connectivity index is 1.94. The van der Waals surface area contributed by atoms with E-state index >= 15 is 0 Å². The van der Waals surface area contributed by atoms with Crippen molar-refractivity contribution in [3.05, 3.63) is 47.8 Å². The maximum absolute atomic E-state index is 13.4. The van der Waals surface area contributed by atoms with Gasteiger partial charge in [-0.15, -0.1) is 0 Å². The zero-order chi connectivity index (χ0) is 22.9. The van der Waals surface area contributed by atoms with Crippen LogP contribution >= 0.6 is 0 Å². The summed E-state index contributed by atoms with van der Waals surface area (Å²) in [6, 6.07) is 9.34. The molecule has 172 valence electrons. The average Bonchev–Trinajstić information content (AvgIpc) is 2.75. The van der Waals surface area contributed by atoms with Crippen LogP contribution < -0.4 is 24.2 Å². The zero-order valence-corrected chi connectivity index (χ0v) is 19.2. The van der Waals surface area contributed by atoms with Crippen LogP contribution in [0.25, 0.3) is 0 Å². The van der Waals surface area contributed by atoms with Crippen molar-refractivity contribution in [2.24, 2.45) is 0 Å². The summed E-state index contributed by atoms with van der Waals surface area (Å²) in [4.78, 5) is 0.134. The second-order valence-corrected chi connectivity index (χ2v) is 8.82. The number of rotatable bonds is 13. The minimum Gasteiger partial charge on any atom is -0.495 e. The summed E-state index contributed by atoms with van der Waals surface area (Å²) >= 11 is 0. The highest BCUT2D eigenvalue weighted by Gasteiger charge is 2.20. The van der Waals surface area contributed by atoms with Crippen molar-refractivity contribution in [3.63, 3.8) is 0 Å². The molecule has 2 rings (SSSR count). The molecule has 2 aromatic carbocycles. The summed E-state index contributed by atoms with van der Waals surface area (Å²) in [6.07, 6.45) is 1.31. The third-order valence-electron chi connectivity index (χ3n) is 4.58. The number of ether oxygens (including phenoxy) is 3. The summed E-state index contributed by atoms with van der Waals surface area (Å²) < 4.78 is 57.1. The second kappa shape index (κ2) is 11.9. The van der Waals surface area contributed by atoms with E-state index < -0.39 is 15.8 Å². The van der Waals surface area contributed by atoms with Gasteiger partial charge in [-0.25, -0.2) is 17.5 Å². The fraction of sp³-hybridized carbons (Fsp3) is 0.455. The monoisotopic (exact) mass is 454 g/mol. The highest BCUT2D eigenvalue weighted by Crippen LogP contribution is 2.27. The lowest BCUT2D eigenvalue weighted by Crippen LogP contribution is -2.32. The fourth-order valence-electron chi connectivity index (χ4n) is 3.03. The van der Waals surface area contributed by atoms with E-state index in [0.29, 0.717) is 49.8 Å². The topological polar surface area (TPSA) is 85.9 Å². The summed E-state index contributed by atoms with van der Waals surface area (Å²) in [5, 5.41) is 3.32. The van der Waals surface area contributed by atoms with Crippen LogP contribution in [-0.2, 0) is 16.4 Å². The Bertz CT molecular complexity index is 953. The Kier molecular flexibility index (Phi) is 9.54. The van der Waals surface area contributed by atoms with Gasteiger partial charge < -0.3 is 19.5 Å². The van der Waals surface area contributed by atoms with Gasteiger partial charge in [0.2, 0.25) is 10.0 Å². The van der Waals surface area contributed by atoms with Gasteiger partial charge in [0.1, 0.15) is 23.1 Å². The van der Waals surface area contributed by atoms with E-state index in [9.17, 15) is 12.8 Å². The van der Waals surface area contributed by atoms with Gasteiger partial charge in [-0.1, -0.05) is 13.0 Å². The number of benzene rings is 2. The van der Waals surface area contributed by atoms with Crippen LogP contribution in [0.5, 0.6) is 17.2 Å². The van der Waals surface area contributed by atoms with Crippen LogP contribution in [0.3, 0.4) is 0 Å². The minimum atomic E-state index is -3.64. The molecule has 0 heterocycles. The number of nitrogens with one attached hydrogen (secondary N) is 2. The highest BCUT2D eigenvalue weighted by molar-refractivity contribution is 7.89. The molecule has 1 unspecified atom stereocenters. The SMILES string of the molecule is CCCNS(=O)(=O)c1cc(CC(C)NCCOc2cc(F)ccc2OC)ccc1OC. The molecule has 0 bridgehead atoms. The van der Waals surface area contributed by atoms with Crippen molar-refractivity contribution >= 4 is 10.0 Å². The Morgan fingerprint density at radius 1 is 1.00 bits per heavy atom. The van der Waals surface area contributed by atoms with Gasteiger partial charge in [0.15, 0.2) is 11.5 Å². The fourth-order valence-corrected chi connectivity index (χ4v) is 4.38. The predicted octanol–water partition coefficient (Wildman–Crippen LogP) is 3.13. The quantitative estimate of drug-likeness (QED) is 0.453. The lowest BCUT2D eigenvalue weighted by atomic mass is 10.1. The molecule has 0 amide bonds. The van der Waals surface area contributed by atoms with Crippen LogP contribution in [0.4, 0.5) is 4.39 Å². The van der Waals surface area contributed by atoms with Crippen LogP contribution in [-0.4, -0.2) is 48.4 Å². The Morgan fingerprint density at radius 2 is 1.71 bits per heavy atom. The van der Waals surface area contributed by atoms with Gasteiger partial charge in [-0.3, -0.25) is 0 Å². The third-order valence-corrected chi connectivity index (χ3v) is 6.06. The number of sulfonamides is 1. The van der Waals surface area contributed by atoms with Crippen molar-refractivity contribution in [1.82, 2.24) is 10.0 Å². The number of hydrogen-bond donors (Lipinski definition) is 2. The summed E-state index contributed by atoms with van der Waals surface area (Å²) in [5.41, 5.74) is 0.866. The summed E-state index contributed by atoms with van der Waals surface area (Å²) in [6.45, 7) is 5.12. The van der Waals surface area contributed by atoms with Gasteiger partial charge >= 0.3 is 0 Å². The molecule has 0 aliphatic heterocycles. The van der Waals surface area contributed by atoms with Crippen LogP contribution in [0.2, 0.25) is 0 Å². The molecule has 0 aromatic heterocycles. The van der Waals surface area contributed by atoms with Gasteiger partial charge in [0, 0.05) is 25.2 Å². The molecule has 7 nitrogen and oxygen atoms in total. The van der Waals surface area contributed by atoms with Crippen LogP contribution in [0, 0.1) is 5.82 Å². The lowest BCUT2D eigenvalue weighted by molar-refractivity contribution is 0.285. The van der Waals surface area contributed by atoms with Gasteiger partial charge in [-0.05, 0) is 49.6 Å². The molecule has 0 aliphatic carbocycles. The van der Waals surface area contributed by atoms with Crippen molar-refractivity contribution < 1.29 is 27.0 Å². The molecule has 0 aliphatic rings. The smallest absolute Gasteiger partial charge is 0.244 e. The van der Waals surface area contributed by atoms with Crippen molar-refractivity contribution in [3.8, 4) is 17.2 Å². The molecule has 0 spiro atoms. The molecular weight excluding hydrogens is 423 g/mol. The Hall–Kier alpha value is -2.36. The summed E-state index contributed by atoms with van der Waals surface area (Å²) in [7, 11) is -0.692. The van der Waals surface area contributed by atoms with E-state index in [2.05, 4.69) is 10.0 Å². The summed E-state index contributed by atoms with van der Waals surface area (Å²) in [5.74, 6) is 0.737. The maximum atomic E-state index is 13.4. The molecule has 9 heteroatoms. The molecule has 2 N–H and O–H groups in total. The first-order chi connectivity index (χ1) is 14.8. The van der Waals surface area contributed by atoms with Crippen molar-refractivity contribution in [1.29, 1.82) is 0 Å². The molecule has 1 atom stereocenters. The van der Waals surface area contributed by atoms with E-state index in [-0.39, 0.29) is 10.9 Å². The van der Waals surface area contributed by atoms with E-state index in [1.54, 1.807) is 12.1 Å². The molecule has 2 aromatic rings. The average molecular weight is 455 g/mol. The third kappa shape index (κ3) is 7.37. The van der Waals surface area contributed by atoms with E-state index in [1.165, 1.54) is 32.4 Å².